The normalized spacial score (nSPS) is 30.7. The number of nitrogens with zero attached hydrogens (tertiary/aromatic N) is 2. The van der Waals surface area contributed by atoms with Gasteiger partial charge in [-0.3, -0.25) is 0 Å². The highest BCUT2D eigenvalue weighted by Gasteiger charge is 2.37. The molecule has 0 bridgehead atoms. The van der Waals surface area contributed by atoms with Crippen LogP contribution in [0.1, 0.15) is 0 Å². The summed E-state index contributed by atoms with van der Waals surface area (Å²) in [7, 11) is 0. The van der Waals surface area contributed by atoms with Gasteiger partial charge in [-0.15, -0.1) is 0 Å². The van der Waals surface area contributed by atoms with Crippen molar-refractivity contribution < 1.29 is 4.74 Å². The van der Waals surface area contributed by atoms with Gasteiger partial charge in [0.25, 0.3) is 0 Å². The second-order valence-corrected chi connectivity index (χ2v) is 4.15. The summed E-state index contributed by atoms with van der Waals surface area (Å²) >= 11 is 0. The van der Waals surface area contributed by atoms with E-state index in [4.69, 9.17) is 4.74 Å². The largest absolute Gasteiger partial charge is 0.381 e. The number of pyridine rings is 1. The monoisotopic (exact) mass is 190 g/mol. The van der Waals surface area contributed by atoms with Crippen LogP contribution in [0.5, 0.6) is 0 Å². The molecular formula is C11H14N2O. The summed E-state index contributed by atoms with van der Waals surface area (Å²) in [5, 5.41) is 0. The number of rotatable bonds is 1. The first-order valence-electron chi connectivity index (χ1n) is 5.17. The van der Waals surface area contributed by atoms with Gasteiger partial charge in [0.2, 0.25) is 0 Å². The maximum atomic E-state index is 5.45. The number of ether oxygens (including phenoxy) is 1. The molecule has 0 saturated carbocycles. The van der Waals surface area contributed by atoms with Gasteiger partial charge in [-0.05, 0) is 12.1 Å². The van der Waals surface area contributed by atoms with Crippen LogP contribution < -0.4 is 4.90 Å². The van der Waals surface area contributed by atoms with Gasteiger partial charge < -0.3 is 9.64 Å². The first-order chi connectivity index (χ1) is 6.93. The molecule has 14 heavy (non-hydrogen) atoms. The Bertz CT molecular complexity index is 302. The summed E-state index contributed by atoms with van der Waals surface area (Å²) in [6.07, 6.45) is 1.86. The molecule has 3 heteroatoms. The molecule has 0 aliphatic carbocycles. The fourth-order valence-corrected chi connectivity index (χ4v) is 2.42. The molecule has 3 nitrogen and oxygen atoms in total. The van der Waals surface area contributed by atoms with Crippen LogP contribution in [-0.2, 0) is 4.74 Å². The van der Waals surface area contributed by atoms with Crippen molar-refractivity contribution in [3.63, 3.8) is 0 Å². The molecule has 2 fully saturated rings. The fourth-order valence-electron chi connectivity index (χ4n) is 2.42. The van der Waals surface area contributed by atoms with Crippen molar-refractivity contribution in [3.8, 4) is 0 Å². The average molecular weight is 190 g/mol. The molecule has 2 aliphatic heterocycles. The Hall–Kier alpha value is -1.09. The first-order valence-corrected chi connectivity index (χ1v) is 5.17. The van der Waals surface area contributed by atoms with E-state index in [2.05, 4.69) is 16.0 Å². The molecule has 74 valence electrons. The van der Waals surface area contributed by atoms with Crippen LogP contribution in [0.4, 0.5) is 5.82 Å². The Kier molecular flexibility index (Phi) is 1.91. The molecule has 2 atom stereocenters. The van der Waals surface area contributed by atoms with E-state index in [1.165, 1.54) is 0 Å². The second kappa shape index (κ2) is 3.24. The highest BCUT2D eigenvalue weighted by Crippen LogP contribution is 2.31. The quantitative estimate of drug-likeness (QED) is 0.664. The molecule has 1 aromatic rings. The van der Waals surface area contributed by atoms with Gasteiger partial charge in [0, 0.05) is 31.1 Å². The highest BCUT2D eigenvalue weighted by atomic mass is 16.5. The predicted molar refractivity (Wildman–Crippen MR) is 54.2 cm³/mol. The molecule has 3 rings (SSSR count). The zero-order valence-electron chi connectivity index (χ0n) is 8.10. The lowest BCUT2D eigenvalue weighted by molar-refractivity contribution is 0.177. The summed E-state index contributed by atoms with van der Waals surface area (Å²) in [6, 6.07) is 6.10. The third-order valence-electron chi connectivity index (χ3n) is 3.21. The smallest absolute Gasteiger partial charge is 0.128 e. The van der Waals surface area contributed by atoms with Gasteiger partial charge in [-0.2, -0.15) is 0 Å². The van der Waals surface area contributed by atoms with Crippen LogP contribution in [0.3, 0.4) is 0 Å². The van der Waals surface area contributed by atoms with Crippen molar-refractivity contribution in [2.45, 2.75) is 0 Å². The Morgan fingerprint density at radius 2 is 2.00 bits per heavy atom. The first kappa shape index (κ1) is 8.24. The van der Waals surface area contributed by atoms with E-state index in [1.54, 1.807) is 0 Å². The molecular weight excluding hydrogens is 176 g/mol. The molecule has 2 aliphatic rings. The van der Waals surface area contributed by atoms with E-state index in [9.17, 15) is 0 Å². The van der Waals surface area contributed by atoms with Crippen LogP contribution in [-0.4, -0.2) is 31.3 Å². The predicted octanol–water partition coefficient (Wildman–Crippen LogP) is 1.16. The number of fused-ring (bicyclic) bond motifs is 1. The number of aromatic nitrogens is 1. The van der Waals surface area contributed by atoms with E-state index >= 15 is 0 Å². The molecule has 0 amide bonds. The van der Waals surface area contributed by atoms with Crippen molar-refractivity contribution in [3.05, 3.63) is 24.4 Å². The lowest BCUT2D eigenvalue weighted by Crippen LogP contribution is -2.22. The van der Waals surface area contributed by atoms with Gasteiger partial charge in [0.05, 0.1) is 13.2 Å². The van der Waals surface area contributed by atoms with Crippen LogP contribution in [0.25, 0.3) is 0 Å². The minimum Gasteiger partial charge on any atom is -0.381 e. The van der Waals surface area contributed by atoms with E-state index < -0.39 is 0 Å². The molecule has 0 N–H and O–H groups in total. The lowest BCUT2D eigenvalue weighted by atomic mass is 10.0. The summed E-state index contributed by atoms with van der Waals surface area (Å²) in [5.74, 6) is 2.58. The maximum absolute atomic E-state index is 5.45. The third kappa shape index (κ3) is 1.28. The summed E-state index contributed by atoms with van der Waals surface area (Å²) < 4.78 is 5.45. The summed E-state index contributed by atoms with van der Waals surface area (Å²) in [4.78, 5) is 6.75. The van der Waals surface area contributed by atoms with Crippen LogP contribution in [0, 0.1) is 11.8 Å². The van der Waals surface area contributed by atoms with Gasteiger partial charge in [-0.25, -0.2) is 4.98 Å². The summed E-state index contributed by atoms with van der Waals surface area (Å²) in [6.45, 7) is 4.10. The molecule has 0 radical (unpaired) electrons. The number of hydrogen-bond donors (Lipinski definition) is 0. The van der Waals surface area contributed by atoms with Crippen LogP contribution >= 0.6 is 0 Å². The van der Waals surface area contributed by atoms with Gasteiger partial charge in [0.15, 0.2) is 0 Å². The van der Waals surface area contributed by atoms with Crippen molar-refractivity contribution in [1.29, 1.82) is 0 Å². The van der Waals surface area contributed by atoms with E-state index in [0.29, 0.717) is 0 Å². The third-order valence-corrected chi connectivity index (χ3v) is 3.21. The SMILES string of the molecule is c1ccc(N2CC3COCC3C2)nc1. The standard InChI is InChI=1S/C11H14N2O/c1-2-4-12-11(3-1)13-5-9-7-14-8-10(9)6-13/h1-4,9-10H,5-8H2. The topological polar surface area (TPSA) is 25.4 Å². The fraction of sp³-hybridized carbons (Fsp3) is 0.545. The van der Waals surface area contributed by atoms with E-state index in [1.807, 2.05) is 18.3 Å². The van der Waals surface area contributed by atoms with Crippen molar-refractivity contribution >= 4 is 5.82 Å². The van der Waals surface area contributed by atoms with Crippen molar-refractivity contribution in [2.75, 3.05) is 31.2 Å². The van der Waals surface area contributed by atoms with Gasteiger partial charge in [-0.1, -0.05) is 6.07 Å². The molecule has 0 aromatic carbocycles. The minimum atomic E-state index is 0.733. The van der Waals surface area contributed by atoms with Crippen LogP contribution in [0.2, 0.25) is 0 Å². The van der Waals surface area contributed by atoms with Crippen molar-refractivity contribution in [1.82, 2.24) is 4.98 Å². The molecule has 3 heterocycles. The van der Waals surface area contributed by atoms with E-state index in [0.717, 1.165) is 44.0 Å². The lowest BCUT2D eigenvalue weighted by Gasteiger charge is -2.17. The molecule has 1 aromatic heterocycles. The van der Waals surface area contributed by atoms with Gasteiger partial charge >= 0.3 is 0 Å². The van der Waals surface area contributed by atoms with Crippen LogP contribution in [0.15, 0.2) is 24.4 Å². The zero-order chi connectivity index (χ0) is 9.38. The average Bonchev–Trinajstić information content (AvgIpc) is 2.78. The Morgan fingerprint density at radius 3 is 2.64 bits per heavy atom. The summed E-state index contributed by atoms with van der Waals surface area (Å²) in [5.41, 5.74) is 0. The molecule has 2 unspecified atom stereocenters. The molecule has 0 spiro atoms. The van der Waals surface area contributed by atoms with E-state index in [-0.39, 0.29) is 0 Å². The second-order valence-electron chi connectivity index (χ2n) is 4.15. The minimum absolute atomic E-state index is 0.733. The maximum Gasteiger partial charge on any atom is 0.128 e. The number of anilines is 1. The number of hydrogen-bond acceptors (Lipinski definition) is 3. The molecule has 2 saturated heterocycles. The van der Waals surface area contributed by atoms with Gasteiger partial charge in [0.1, 0.15) is 5.82 Å². The zero-order valence-corrected chi connectivity index (χ0v) is 8.10. The Labute approximate surface area is 83.7 Å². The Morgan fingerprint density at radius 1 is 1.21 bits per heavy atom. The Balaban J connectivity index is 1.77. The highest BCUT2D eigenvalue weighted by molar-refractivity contribution is 5.39. The van der Waals surface area contributed by atoms with Crippen molar-refractivity contribution in [2.24, 2.45) is 11.8 Å².